The van der Waals surface area contributed by atoms with Gasteiger partial charge in [0, 0.05) is 38.4 Å². The fourth-order valence-electron chi connectivity index (χ4n) is 3.56. The summed E-state index contributed by atoms with van der Waals surface area (Å²) in [5.41, 5.74) is 3.42. The molecule has 0 saturated carbocycles. The summed E-state index contributed by atoms with van der Waals surface area (Å²) >= 11 is 0. The van der Waals surface area contributed by atoms with E-state index in [9.17, 15) is 4.79 Å². The summed E-state index contributed by atoms with van der Waals surface area (Å²) in [6.45, 7) is 8.53. The highest BCUT2D eigenvalue weighted by atomic mass is 16.5. The highest BCUT2D eigenvalue weighted by molar-refractivity contribution is 5.82. The van der Waals surface area contributed by atoms with E-state index in [4.69, 9.17) is 4.74 Å². The van der Waals surface area contributed by atoms with Gasteiger partial charge in [0.25, 0.3) is 0 Å². The summed E-state index contributed by atoms with van der Waals surface area (Å²) < 4.78 is 5.47. The Kier molecular flexibility index (Phi) is 6.22. The molecule has 0 unspecified atom stereocenters. The third kappa shape index (κ3) is 4.54. The van der Waals surface area contributed by atoms with E-state index < -0.39 is 0 Å². The Bertz CT molecular complexity index is 770. The number of hydrogen-bond acceptors (Lipinski definition) is 4. The molecular formula is C22H29N3O2. The molecule has 0 aromatic heterocycles. The molecule has 0 spiro atoms. The van der Waals surface area contributed by atoms with E-state index in [0.717, 1.165) is 49.8 Å². The van der Waals surface area contributed by atoms with Gasteiger partial charge in [-0.05, 0) is 43.7 Å². The van der Waals surface area contributed by atoms with Gasteiger partial charge in [0.2, 0.25) is 5.91 Å². The normalized spacial score (nSPS) is 14.2. The second-order valence-corrected chi connectivity index (χ2v) is 6.89. The Morgan fingerprint density at radius 2 is 1.81 bits per heavy atom. The smallest absolute Gasteiger partial charge is 0.242 e. The van der Waals surface area contributed by atoms with Crippen LogP contribution in [0.1, 0.15) is 12.5 Å². The molecule has 5 nitrogen and oxygen atoms in total. The van der Waals surface area contributed by atoms with Crippen LogP contribution in [0.15, 0.2) is 48.5 Å². The molecule has 1 saturated heterocycles. The number of amides is 1. The molecule has 1 aliphatic rings. The Hall–Kier alpha value is -2.69. The summed E-state index contributed by atoms with van der Waals surface area (Å²) in [5, 5.41) is 0. The predicted molar refractivity (Wildman–Crippen MR) is 111 cm³/mol. The van der Waals surface area contributed by atoms with Gasteiger partial charge in [-0.1, -0.05) is 24.3 Å². The highest BCUT2D eigenvalue weighted by Gasteiger charge is 2.24. The molecule has 0 atom stereocenters. The van der Waals surface area contributed by atoms with Crippen molar-refractivity contribution in [1.29, 1.82) is 0 Å². The van der Waals surface area contributed by atoms with E-state index in [-0.39, 0.29) is 5.91 Å². The van der Waals surface area contributed by atoms with Gasteiger partial charge in [-0.15, -0.1) is 0 Å². The minimum absolute atomic E-state index is 0.193. The molecule has 1 heterocycles. The van der Waals surface area contributed by atoms with E-state index >= 15 is 0 Å². The van der Waals surface area contributed by atoms with Crippen LogP contribution in [-0.4, -0.2) is 57.2 Å². The van der Waals surface area contributed by atoms with Crippen molar-refractivity contribution in [3.05, 3.63) is 54.1 Å². The van der Waals surface area contributed by atoms with E-state index in [1.807, 2.05) is 29.2 Å². The van der Waals surface area contributed by atoms with Gasteiger partial charge >= 0.3 is 0 Å². The fourth-order valence-corrected chi connectivity index (χ4v) is 3.56. The molecule has 2 aromatic carbocycles. The Morgan fingerprint density at radius 3 is 2.48 bits per heavy atom. The number of rotatable bonds is 6. The van der Waals surface area contributed by atoms with Crippen LogP contribution in [0.3, 0.4) is 0 Å². The number of anilines is 2. The molecule has 1 aliphatic heterocycles. The zero-order chi connectivity index (χ0) is 19.2. The first-order valence-corrected chi connectivity index (χ1v) is 9.59. The van der Waals surface area contributed by atoms with Crippen molar-refractivity contribution >= 4 is 17.3 Å². The van der Waals surface area contributed by atoms with Crippen LogP contribution in [0.25, 0.3) is 0 Å². The molecule has 0 N–H and O–H groups in total. The maximum absolute atomic E-state index is 12.8. The molecule has 2 aromatic rings. The van der Waals surface area contributed by atoms with E-state index in [0.29, 0.717) is 6.54 Å². The first-order chi connectivity index (χ1) is 13.1. The molecule has 1 fully saturated rings. The predicted octanol–water partition coefficient (Wildman–Crippen LogP) is 3.18. The monoisotopic (exact) mass is 367 g/mol. The van der Waals surface area contributed by atoms with Crippen LogP contribution in [0.2, 0.25) is 0 Å². The van der Waals surface area contributed by atoms with Crippen molar-refractivity contribution in [3.63, 3.8) is 0 Å². The second kappa shape index (κ2) is 8.80. The van der Waals surface area contributed by atoms with Crippen LogP contribution in [0, 0.1) is 6.92 Å². The van der Waals surface area contributed by atoms with E-state index in [2.05, 4.69) is 47.9 Å². The Labute approximate surface area is 162 Å². The van der Waals surface area contributed by atoms with Crippen LogP contribution < -0.4 is 14.5 Å². The van der Waals surface area contributed by atoms with Gasteiger partial charge in [0.1, 0.15) is 5.75 Å². The molecule has 144 valence electrons. The number of nitrogens with zero attached hydrogens (tertiary/aromatic N) is 3. The number of benzene rings is 2. The van der Waals surface area contributed by atoms with Gasteiger partial charge in [-0.25, -0.2) is 0 Å². The number of carbonyl (C=O) groups excluding carboxylic acids is 1. The summed E-state index contributed by atoms with van der Waals surface area (Å²) in [6, 6.07) is 16.4. The summed E-state index contributed by atoms with van der Waals surface area (Å²) in [6.07, 6.45) is 0. The lowest BCUT2D eigenvalue weighted by atomic mass is 10.2. The van der Waals surface area contributed by atoms with Gasteiger partial charge in [-0.2, -0.15) is 0 Å². The van der Waals surface area contributed by atoms with Crippen molar-refractivity contribution in [2.75, 3.05) is 56.2 Å². The topological polar surface area (TPSA) is 36.0 Å². The Morgan fingerprint density at radius 1 is 1.07 bits per heavy atom. The van der Waals surface area contributed by atoms with Crippen molar-refractivity contribution in [2.45, 2.75) is 13.8 Å². The lowest BCUT2D eigenvalue weighted by molar-refractivity contribution is -0.130. The zero-order valence-electron chi connectivity index (χ0n) is 16.5. The van der Waals surface area contributed by atoms with E-state index in [1.54, 1.807) is 7.11 Å². The number of methoxy groups -OCH3 is 1. The maximum Gasteiger partial charge on any atom is 0.242 e. The average molecular weight is 367 g/mol. The number of piperazine rings is 1. The second-order valence-electron chi connectivity index (χ2n) is 6.89. The number of likely N-dealkylation sites (N-methyl/N-ethyl adjacent to an activating group) is 1. The Balaban J connectivity index is 1.59. The first kappa shape index (κ1) is 19.1. The lowest BCUT2D eigenvalue weighted by Gasteiger charge is -2.37. The SMILES string of the molecule is CCN(CC(=O)N1CCN(c2ccccc2OC)CC1)c1cccc(C)c1. The van der Waals surface area contributed by atoms with Gasteiger partial charge in [0.15, 0.2) is 0 Å². The van der Waals surface area contributed by atoms with Crippen molar-refractivity contribution in [2.24, 2.45) is 0 Å². The molecular weight excluding hydrogens is 338 g/mol. The van der Waals surface area contributed by atoms with Gasteiger partial charge in [0.05, 0.1) is 19.3 Å². The van der Waals surface area contributed by atoms with Gasteiger partial charge < -0.3 is 19.4 Å². The number of para-hydroxylation sites is 2. The van der Waals surface area contributed by atoms with Gasteiger partial charge in [-0.3, -0.25) is 4.79 Å². The molecule has 3 rings (SSSR count). The first-order valence-electron chi connectivity index (χ1n) is 9.59. The van der Waals surface area contributed by atoms with Crippen LogP contribution >= 0.6 is 0 Å². The van der Waals surface area contributed by atoms with E-state index in [1.165, 1.54) is 5.56 Å². The quantitative estimate of drug-likeness (QED) is 0.786. The lowest BCUT2D eigenvalue weighted by Crippen LogP contribution is -2.51. The molecule has 0 aliphatic carbocycles. The number of hydrogen-bond donors (Lipinski definition) is 0. The highest BCUT2D eigenvalue weighted by Crippen LogP contribution is 2.28. The molecule has 0 radical (unpaired) electrons. The largest absolute Gasteiger partial charge is 0.495 e. The molecule has 27 heavy (non-hydrogen) atoms. The van der Waals surface area contributed by atoms with Crippen molar-refractivity contribution < 1.29 is 9.53 Å². The van der Waals surface area contributed by atoms with Crippen LogP contribution in [0.4, 0.5) is 11.4 Å². The van der Waals surface area contributed by atoms with Crippen molar-refractivity contribution in [1.82, 2.24) is 4.90 Å². The average Bonchev–Trinajstić information content (AvgIpc) is 2.72. The third-order valence-corrected chi connectivity index (χ3v) is 5.13. The molecule has 0 bridgehead atoms. The summed E-state index contributed by atoms with van der Waals surface area (Å²) in [4.78, 5) is 19.2. The van der Waals surface area contributed by atoms with Crippen molar-refractivity contribution in [3.8, 4) is 5.75 Å². The van der Waals surface area contributed by atoms with Crippen LogP contribution in [-0.2, 0) is 4.79 Å². The number of carbonyl (C=O) groups is 1. The van der Waals surface area contributed by atoms with Crippen LogP contribution in [0.5, 0.6) is 5.75 Å². The number of ether oxygens (including phenoxy) is 1. The minimum Gasteiger partial charge on any atom is -0.495 e. The fraction of sp³-hybridized carbons (Fsp3) is 0.409. The standard InChI is InChI=1S/C22H29N3O2/c1-4-23(19-9-7-8-18(2)16-19)17-22(26)25-14-12-24(13-15-25)20-10-5-6-11-21(20)27-3/h5-11,16H,4,12-15,17H2,1-3H3. The molecule has 1 amide bonds. The third-order valence-electron chi connectivity index (χ3n) is 5.13. The summed E-state index contributed by atoms with van der Waals surface area (Å²) in [7, 11) is 1.70. The summed E-state index contributed by atoms with van der Waals surface area (Å²) in [5.74, 6) is 1.08. The minimum atomic E-state index is 0.193. The maximum atomic E-state index is 12.8. The molecule has 5 heteroatoms. The number of aryl methyl sites for hydroxylation is 1. The zero-order valence-corrected chi connectivity index (χ0v) is 16.5.